The maximum Gasteiger partial charge on any atom is 0.233 e. The minimum Gasteiger partial charge on any atom is -0.379 e. The number of ether oxygens (including phenoxy) is 1. The van der Waals surface area contributed by atoms with Crippen LogP contribution in [0.2, 0.25) is 0 Å². The molecule has 0 saturated carbocycles. The van der Waals surface area contributed by atoms with Crippen molar-refractivity contribution in [3.05, 3.63) is 29.3 Å². The van der Waals surface area contributed by atoms with Crippen LogP contribution in [0, 0.1) is 11.3 Å². The number of carbonyl (C=O) groups excluding carboxylic acids is 1. The van der Waals surface area contributed by atoms with E-state index in [0.29, 0.717) is 25.3 Å². The van der Waals surface area contributed by atoms with Gasteiger partial charge in [0, 0.05) is 37.6 Å². The Morgan fingerprint density at radius 3 is 2.85 bits per heavy atom. The van der Waals surface area contributed by atoms with Gasteiger partial charge in [-0.15, -0.1) is 11.8 Å². The second kappa shape index (κ2) is 9.96. The van der Waals surface area contributed by atoms with Crippen LogP contribution in [0.25, 0.3) is 0 Å². The molecule has 1 fully saturated rings. The minimum absolute atomic E-state index is 0.124. The number of carbonyl (C=O) groups is 1. The highest BCUT2D eigenvalue weighted by Gasteiger charge is 2.17. The van der Waals surface area contributed by atoms with Crippen LogP contribution in [0.1, 0.15) is 24.0 Å². The van der Waals surface area contributed by atoms with E-state index >= 15 is 0 Å². The summed E-state index contributed by atoms with van der Waals surface area (Å²) in [7, 11) is 0. The van der Waals surface area contributed by atoms with Gasteiger partial charge in [0.2, 0.25) is 5.91 Å². The first kappa shape index (κ1) is 19.2. The fourth-order valence-corrected chi connectivity index (χ4v) is 4.37. The zero-order chi connectivity index (χ0) is 18.2. The topological polar surface area (TPSA) is 56.6 Å². The molecule has 6 heteroatoms. The van der Waals surface area contributed by atoms with Crippen molar-refractivity contribution in [2.45, 2.75) is 30.6 Å². The summed E-state index contributed by atoms with van der Waals surface area (Å²) in [5.41, 5.74) is 2.90. The molecule has 0 unspecified atom stereocenters. The van der Waals surface area contributed by atoms with Gasteiger partial charge in [0.1, 0.15) is 0 Å². The normalized spacial score (nSPS) is 16.9. The lowest BCUT2D eigenvalue weighted by Crippen LogP contribution is -2.43. The Labute approximate surface area is 160 Å². The molecule has 0 radical (unpaired) electrons. The zero-order valence-corrected chi connectivity index (χ0v) is 16.1. The summed E-state index contributed by atoms with van der Waals surface area (Å²) in [5, 5.41) is 8.89. The fraction of sp³-hybridized carbons (Fsp3) is 0.600. The smallest absolute Gasteiger partial charge is 0.233 e. The molecule has 5 nitrogen and oxygen atoms in total. The molecule has 1 aliphatic carbocycles. The summed E-state index contributed by atoms with van der Waals surface area (Å²) in [5.74, 6) is 0.562. The van der Waals surface area contributed by atoms with E-state index < -0.39 is 0 Å². The molecule has 2 aliphatic rings. The SMILES string of the molecule is N#CCCN(CCN1CCOCC1)C(=O)CSc1ccc2c(c1)CCC2. The number of fused-ring (bicyclic) bond motifs is 1. The lowest BCUT2D eigenvalue weighted by Gasteiger charge is -2.29. The summed E-state index contributed by atoms with van der Waals surface area (Å²) in [6.45, 7) is 5.43. The maximum atomic E-state index is 12.7. The molecule has 3 rings (SSSR count). The third-order valence-electron chi connectivity index (χ3n) is 5.07. The highest BCUT2D eigenvalue weighted by atomic mass is 32.2. The molecular weight excluding hydrogens is 346 g/mol. The van der Waals surface area contributed by atoms with Crippen molar-refractivity contribution in [2.24, 2.45) is 0 Å². The Kier molecular flexibility index (Phi) is 7.36. The van der Waals surface area contributed by atoms with E-state index in [1.165, 1.54) is 28.9 Å². The molecule has 140 valence electrons. The Balaban J connectivity index is 1.50. The number of hydrogen-bond donors (Lipinski definition) is 0. The second-order valence-corrected chi connectivity index (χ2v) is 7.86. The summed E-state index contributed by atoms with van der Waals surface area (Å²) in [6.07, 6.45) is 3.97. The molecule has 1 aliphatic heterocycles. The van der Waals surface area contributed by atoms with Gasteiger partial charge >= 0.3 is 0 Å². The summed E-state index contributed by atoms with van der Waals surface area (Å²) < 4.78 is 5.37. The van der Waals surface area contributed by atoms with Crippen LogP contribution in [-0.2, 0) is 22.4 Å². The Morgan fingerprint density at radius 2 is 2.04 bits per heavy atom. The maximum absolute atomic E-state index is 12.7. The molecule has 1 saturated heterocycles. The number of hydrogen-bond acceptors (Lipinski definition) is 5. The highest BCUT2D eigenvalue weighted by molar-refractivity contribution is 8.00. The Hall–Kier alpha value is -1.55. The van der Waals surface area contributed by atoms with Gasteiger partial charge in [-0.1, -0.05) is 6.07 Å². The van der Waals surface area contributed by atoms with Crippen LogP contribution in [0.3, 0.4) is 0 Å². The Bertz CT molecular complexity index is 653. The lowest BCUT2D eigenvalue weighted by molar-refractivity contribution is -0.128. The average molecular weight is 374 g/mol. The van der Waals surface area contributed by atoms with Gasteiger partial charge in [-0.25, -0.2) is 0 Å². The van der Waals surface area contributed by atoms with Crippen LogP contribution in [0.4, 0.5) is 0 Å². The standard InChI is InChI=1S/C20H27N3O2S/c21-7-2-8-23(10-9-22-11-13-25-14-12-22)20(24)16-26-19-6-5-17-3-1-4-18(17)15-19/h5-6,15H,1-4,8-14,16H2. The number of morpholine rings is 1. The predicted molar refractivity (Wildman–Crippen MR) is 103 cm³/mol. The quantitative estimate of drug-likeness (QED) is 0.655. The number of nitriles is 1. The van der Waals surface area contributed by atoms with Crippen molar-refractivity contribution >= 4 is 17.7 Å². The summed E-state index contributed by atoms with van der Waals surface area (Å²) in [4.78, 5) is 18.0. The van der Waals surface area contributed by atoms with Gasteiger partial charge in [-0.2, -0.15) is 5.26 Å². The molecule has 1 heterocycles. The predicted octanol–water partition coefficient (Wildman–Crippen LogP) is 2.34. The first-order valence-electron chi connectivity index (χ1n) is 9.45. The van der Waals surface area contributed by atoms with Crippen LogP contribution >= 0.6 is 11.8 Å². The second-order valence-electron chi connectivity index (χ2n) is 6.82. The molecular formula is C20H27N3O2S. The van der Waals surface area contributed by atoms with Crippen molar-refractivity contribution in [3.8, 4) is 6.07 Å². The van der Waals surface area contributed by atoms with E-state index in [2.05, 4.69) is 29.2 Å². The molecule has 1 amide bonds. The van der Waals surface area contributed by atoms with E-state index in [0.717, 1.165) is 39.3 Å². The number of rotatable bonds is 8. The van der Waals surface area contributed by atoms with Gasteiger partial charge < -0.3 is 9.64 Å². The minimum atomic E-state index is 0.124. The summed E-state index contributed by atoms with van der Waals surface area (Å²) >= 11 is 1.61. The molecule has 0 N–H and O–H groups in total. The van der Waals surface area contributed by atoms with Crippen molar-refractivity contribution in [3.63, 3.8) is 0 Å². The summed E-state index contributed by atoms with van der Waals surface area (Å²) in [6, 6.07) is 8.75. The van der Waals surface area contributed by atoms with Crippen molar-refractivity contribution in [1.29, 1.82) is 5.26 Å². The van der Waals surface area contributed by atoms with Crippen LogP contribution in [0.15, 0.2) is 23.1 Å². The monoisotopic (exact) mass is 373 g/mol. The number of thioether (sulfide) groups is 1. The number of nitrogens with zero attached hydrogens (tertiary/aromatic N) is 3. The van der Waals surface area contributed by atoms with Gasteiger partial charge in [0.05, 0.1) is 31.5 Å². The fourth-order valence-electron chi connectivity index (χ4n) is 3.51. The number of benzene rings is 1. The van der Waals surface area contributed by atoms with Gasteiger partial charge in [0.15, 0.2) is 0 Å². The van der Waals surface area contributed by atoms with Crippen LogP contribution < -0.4 is 0 Å². The van der Waals surface area contributed by atoms with Gasteiger partial charge in [-0.05, 0) is 42.5 Å². The molecule has 1 aromatic rings. The first-order chi connectivity index (χ1) is 12.8. The third kappa shape index (κ3) is 5.47. The van der Waals surface area contributed by atoms with E-state index in [1.54, 1.807) is 11.8 Å². The van der Waals surface area contributed by atoms with Gasteiger partial charge in [-0.3, -0.25) is 9.69 Å². The van der Waals surface area contributed by atoms with Crippen LogP contribution in [-0.4, -0.2) is 67.4 Å². The molecule has 0 atom stereocenters. The molecule has 0 spiro atoms. The van der Waals surface area contributed by atoms with E-state index in [4.69, 9.17) is 10.00 Å². The van der Waals surface area contributed by atoms with Crippen molar-refractivity contribution in [1.82, 2.24) is 9.80 Å². The molecule has 0 bridgehead atoms. The highest BCUT2D eigenvalue weighted by Crippen LogP contribution is 2.27. The third-order valence-corrected chi connectivity index (χ3v) is 6.05. The van der Waals surface area contributed by atoms with E-state index in [9.17, 15) is 4.79 Å². The number of aryl methyl sites for hydroxylation is 2. The van der Waals surface area contributed by atoms with E-state index in [-0.39, 0.29) is 5.91 Å². The number of amides is 1. The molecule has 0 aromatic heterocycles. The van der Waals surface area contributed by atoms with Crippen molar-refractivity contribution in [2.75, 3.05) is 51.7 Å². The zero-order valence-electron chi connectivity index (χ0n) is 15.3. The molecule has 26 heavy (non-hydrogen) atoms. The average Bonchev–Trinajstić information content (AvgIpc) is 3.15. The lowest BCUT2D eigenvalue weighted by atomic mass is 10.1. The van der Waals surface area contributed by atoms with Gasteiger partial charge in [0.25, 0.3) is 0 Å². The van der Waals surface area contributed by atoms with Crippen molar-refractivity contribution < 1.29 is 9.53 Å². The largest absolute Gasteiger partial charge is 0.379 e. The molecule has 1 aromatic carbocycles. The van der Waals surface area contributed by atoms with E-state index in [1.807, 2.05) is 4.90 Å². The first-order valence-corrected chi connectivity index (χ1v) is 10.4. The Morgan fingerprint density at radius 1 is 1.23 bits per heavy atom. The van der Waals surface area contributed by atoms with Crippen LogP contribution in [0.5, 0.6) is 0 Å².